The van der Waals surface area contributed by atoms with Crippen LogP contribution in [0.3, 0.4) is 0 Å². The molecule has 2 aromatic rings. The second kappa shape index (κ2) is 5.71. The first-order valence-electron chi connectivity index (χ1n) is 7.44. The molecule has 1 aromatic carbocycles. The van der Waals surface area contributed by atoms with Crippen LogP contribution in [0.2, 0.25) is 0 Å². The molecule has 1 aliphatic heterocycles. The van der Waals surface area contributed by atoms with Crippen LogP contribution in [-0.2, 0) is 0 Å². The molecule has 0 bridgehead atoms. The first-order chi connectivity index (χ1) is 10.2. The van der Waals surface area contributed by atoms with Crippen LogP contribution >= 0.6 is 0 Å². The van der Waals surface area contributed by atoms with Gasteiger partial charge in [0.25, 0.3) is 0 Å². The first-order valence-corrected chi connectivity index (χ1v) is 7.44. The predicted molar refractivity (Wildman–Crippen MR) is 85.2 cm³/mol. The summed E-state index contributed by atoms with van der Waals surface area (Å²) in [7, 11) is 2.16. The van der Waals surface area contributed by atoms with Gasteiger partial charge in [0.1, 0.15) is 11.9 Å². The van der Waals surface area contributed by atoms with Crippen LogP contribution in [0.15, 0.2) is 30.3 Å². The molecule has 0 radical (unpaired) electrons. The number of benzene rings is 1. The summed E-state index contributed by atoms with van der Waals surface area (Å²) in [5.41, 5.74) is 1.56. The van der Waals surface area contributed by atoms with Crippen molar-refractivity contribution in [2.24, 2.45) is 0 Å². The van der Waals surface area contributed by atoms with Gasteiger partial charge in [0.15, 0.2) is 0 Å². The zero-order chi connectivity index (χ0) is 14.8. The Balaban J connectivity index is 1.88. The van der Waals surface area contributed by atoms with Crippen LogP contribution in [0.1, 0.15) is 25.3 Å². The smallest absolute Gasteiger partial charge is 0.144 e. The second-order valence-corrected chi connectivity index (χ2v) is 5.88. The van der Waals surface area contributed by atoms with Gasteiger partial charge >= 0.3 is 0 Å². The number of rotatable bonds is 2. The Labute approximate surface area is 125 Å². The summed E-state index contributed by atoms with van der Waals surface area (Å²) < 4.78 is 0. The molecule has 1 N–H and O–H groups in total. The molecule has 1 fully saturated rings. The summed E-state index contributed by atoms with van der Waals surface area (Å²) in [6.07, 6.45) is 2.16. The minimum Gasteiger partial charge on any atom is -0.366 e. The van der Waals surface area contributed by atoms with Gasteiger partial charge in [-0.2, -0.15) is 5.26 Å². The largest absolute Gasteiger partial charge is 0.366 e. The minimum absolute atomic E-state index is 0.386. The molecule has 2 heterocycles. The second-order valence-electron chi connectivity index (χ2n) is 5.88. The van der Waals surface area contributed by atoms with Crippen LogP contribution in [-0.4, -0.2) is 35.6 Å². The molecule has 108 valence electrons. The Hall–Kier alpha value is -2.12. The highest BCUT2D eigenvalue weighted by Crippen LogP contribution is 2.24. The van der Waals surface area contributed by atoms with Crippen molar-refractivity contribution < 1.29 is 0 Å². The van der Waals surface area contributed by atoms with Gasteiger partial charge in [-0.3, -0.25) is 0 Å². The van der Waals surface area contributed by atoms with E-state index in [0.717, 1.165) is 36.1 Å². The zero-order valence-electron chi connectivity index (χ0n) is 12.5. The van der Waals surface area contributed by atoms with E-state index >= 15 is 0 Å². The van der Waals surface area contributed by atoms with E-state index in [-0.39, 0.29) is 0 Å². The van der Waals surface area contributed by atoms with Crippen molar-refractivity contribution in [1.29, 1.82) is 5.26 Å². The maximum atomic E-state index is 9.36. The molecule has 3 rings (SSSR count). The van der Waals surface area contributed by atoms with Gasteiger partial charge in [-0.15, -0.1) is 0 Å². The molecule has 0 aliphatic carbocycles. The summed E-state index contributed by atoms with van der Waals surface area (Å²) in [4.78, 5) is 7.01. The lowest BCUT2D eigenvalue weighted by atomic mass is 9.98. The molecule has 4 nitrogen and oxygen atoms in total. The Morgan fingerprint density at radius 1 is 1.38 bits per heavy atom. The van der Waals surface area contributed by atoms with E-state index in [1.807, 2.05) is 30.3 Å². The summed E-state index contributed by atoms with van der Waals surface area (Å²) in [5, 5.41) is 13.9. The highest BCUT2D eigenvalue weighted by atomic mass is 15.2. The average Bonchev–Trinajstić information content (AvgIpc) is 2.50. The van der Waals surface area contributed by atoms with Crippen LogP contribution in [0.5, 0.6) is 0 Å². The number of anilines is 1. The Kier molecular flexibility index (Phi) is 3.76. The van der Waals surface area contributed by atoms with Gasteiger partial charge in [-0.25, -0.2) is 4.98 Å². The highest BCUT2D eigenvalue weighted by molar-refractivity contribution is 5.82. The summed E-state index contributed by atoms with van der Waals surface area (Å²) in [5.74, 6) is 0.720. The summed E-state index contributed by atoms with van der Waals surface area (Å²) in [6.45, 7) is 3.32. The monoisotopic (exact) mass is 280 g/mol. The molecule has 1 aliphatic rings. The third kappa shape index (κ3) is 2.84. The zero-order valence-corrected chi connectivity index (χ0v) is 12.5. The number of likely N-dealkylation sites (tertiary alicyclic amines) is 1. The fourth-order valence-corrected chi connectivity index (χ4v) is 2.93. The lowest BCUT2D eigenvalue weighted by molar-refractivity contribution is 0.190. The first kappa shape index (κ1) is 13.8. The van der Waals surface area contributed by atoms with E-state index in [9.17, 15) is 5.26 Å². The number of hydrogen-bond donors (Lipinski definition) is 1. The van der Waals surface area contributed by atoms with Gasteiger partial charge in [0.2, 0.25) is 0 Å². The molecule has 0 amide bonds. The van der Waals surface area contributed by atoms with Crippen molar-refractivity contribution in [3.05, 3.63) is 35.9 Å². The lowest BCUT2D eigenvalue weighted by Gasteiger charge is -2.35. The number of nitrogens with zero attached hydrogens (tertiary/aromatic N) is 3. The van der Waals surface area contributed by atoms with E-state index in [1.54, 1.807) is 0 Å². The van der Waals surface area contributed by atoms with E-state index in [0.29, 0.717) is 17.6 Å². The number of fused-ring (bicyclic) bond motifs is 1. The SMILES string of the molecule is CC1CC(Nc2nc3ccccc3cc2C#N)CCN1C. The van der Waals surface area contributed by atoms with E-state index in [1.165, 1.54) is 0 Å². The van der Waals surface area contributed by atoms with E-state index < -0.39 is 0 Å². The number of piperidine rings is 1. The van der Waals surface area contributed by atoms with Crippen LogP contribution in [0.25, 0.3) is 10.9 Å². The van der Waals surface area contributed by atoms with Gasteiger partial charge in [0.05, 0.1) is 11.1 Å². The van der Waals surface area contributed by atoms with Crippen molar-refractivity contribution in [1.82, 2.24) is 9.88 Å². The Bertz CT molecular complexity index is 689. The van der Waals surface area contributed by atoms with Crippen molar-refractivity contribution >= 4 is 16.7 Å². The number of nitriles is 1. The van der Waals surface area contributed by atoms with Crippen LogP contribution in [0.4, 0.5) is 5.82 Å². The van der Waals surface area contributed by atoms with Crippen molar-refractivity contribution in [3.8, 4) is 6.07 Å². The number of aromatic nitrogens is 1. The number of para-hydroxylation sites is 1. The van der Waals surface area contributed by atoms with Crippen molar-refractivity contribution in [3.63, 3.8) is 0 Å². The number of pyridine rings is 1. The Morgan fingerprint density at radius 3 is 2.95 bits per heavy atom. The van der Waals surface area contributed by atoms with Gasteiger partial charge in [-0.1, -0.05) is 18.2 Å². The molecular weight excluding hydrogens is 260 g/mol. The minimum atomic E-state index is 0.386. The molecule has 0 saturated carbocycles. The third-order valence-electron chi connectivity index (χ3n) is 4.39. The molecular formula is C17H20N4. The third-order valence-corrected chi connectivity index (χ3v) is 4.39. The fourth-order valence-electron chi connectivity index (χ4n) is 2.93. The van der Waals surface area contributed by atoms with Gasteiger partial charge < -0.3 is 10.2 Å². The number of nitrogens with one attached hydrogen (secondary N) is 1. The maximum Gasteiger partial charge on any atom is 0.144 e. The molecule has 4 heteroatoms. The molecule has 0 spiro atoms. The van der Waals surface area contributed by atoms with E-state index in [2.05, 4.69) is 35.2 Å². The van der Waals surface area contributed by atoms with E-state index in [4.69, 9.17) is 0 Å². The standard InChI is InChI=1S/C17H20N4/c1-12-9-15(7-8-21(12)2)19-17-14(11-18)10-13-5-3-4-6-16(13)20-17/h3-6,10,12,15H,7-9H2,1-2H3,(H,19,20). The van der Waals surface area contributed by atoms with Crippen LogP contribution in [0, 0.1) is 11.3 Å². The average molecular weight is 280 g/mol. The maximum absolute atomic E-state index is 9.36. The fraction of sp³-hybridized carbons (Fsp3) is 0.412. The molecule has 1 aromatic heterocycles. The summed E-state index contributed by atoms with van der Waals surface area (Å²) >= 11 is 0. The van der Waals surface area contributed by atoms with Gasteiger partial charge in [-0.05, 0) is 38.9 Å². The van der Waals surface area contributed by atoms with Gasteiger partial charge in [0, 0.05) is 24.0 Å². The van der Waals surface area contributed by atoms with Crippen molar-refractivity contribution in [2.45, 2.75) is 31.8 Å². The quantitative estimate of drug-likeness (QED) is 0.918. The van der Waals surface area contributed by atoms with Crippen molar-refractivity contribution in [2.75, 3.05) is 18.9 Å². The Morgan fingerprint density at radius 2 is 2.19 bits per heavy atom. The molecule has 2 atom stereocenters. The molecule has 21 heavy (non-hydrogen) atoms. The number of hydrogen-bond acceptors (Lipinski definition) is 4. The highest BCUT2D eigenvalue weighted by Gasteiger charge is 2.23. The van der Waals surface area contributed by atoms with Crippen LogP contribution < -0.4 is 5.32 Å². The molecule has 2 unspecified atom stereocenters. The lowest BCUT2D eigenvalue weighted by Crippen LogP contribution is -2.42. The summed E-state index contributed by atoms with van der Waals surface area (Å²) in [6, 6.07) is 13.0. The predicted octanol–water partition coefficient (Wildman–Crippen LogP) is 3.00. The molecule has 1 saturated heterocycles. The topological polar surface area (TPSA) is 52.0 Å². The normalized spacial score (nSPS) is 22.9.